The fourth-order valence-electron chi connectivity index (χ4n) is 2.79. The van der Waals surface area contributed by atoms with Gasteiger partial charge in [-0.2, -0.15) is 11.8 Å². The number of hydrogen-bond acceptors (Lipinski definition) is 4. The van der Waals surface area contributed by atoms with Crippen molar-refractivity contribution in [2.24, 2.45) is 5.92 Å². The number of aliphatic hydroxyl groups excluding tert-OH is 2. The van der Waals surface area contributed by atoms with Gasteiger partial charge in [-0.25, -0.2) is 0 Å². The first-order chi connectivity index (χ1) is 10.7. The van der Waals surface area contributed by atoms with Crippen LogP contribution in [0.2, 0.25) is 0 Å². The van der Waals surface area contributed by atoms with E-state index in [0.29, 0.717) is 5.92 Å². The highest BCUT2D eigenvalue weighted by molar-refractivity contribution is 7.98. The number of rotatable bonds is 6. The van der Waals surface area contributed by atoms with E-state index in [4.69, 9.17) is 9.84 Å². The normalized spacial score (nSPS) is 24.3. The molecule has 0 amide bonds. The van der Waals surface area contributed by atoms with Gasteiger partial charge in [0.25, 0.3) is 0 Å². The van der Waals surface area contributed by atoms with Gasteiger partial charge < -0.3 is 14.9 Å². The lowest BCUT2D eigenvalue weighted by Crippen LogP contribution is -2.41. The third-order valence-electron chi connectivity index (χ3n) is 4.01. The van der Waals surface area contributed by atoms with Crippen molar-refractivity contribution in [1.29, 1.82) is 0 Å². The Morgan fingerprint density at radius 3 is 2.45 bits per heavy atom. The van der Waals surface area contributed by atoms with Gasteiger partial charge in [-0.3, -0.25) is 0 Å². The van der Waals surface area contributed by atoms with Crippen LogP contribution in [0.5, 0.6) is 5.75 Å². The molecule has 126 valence electrons. The van der Waals surface area contributed by atoms with E-state index in [1.165, 1.54) is 0 Å². The summed E-state index contributed by atoms with van der Waals surface area (Å²) in [4.78, 5) is 0. The first kappa shape index (κ1) is 19.3. The maximum absolute atomic E-state index is 10.4. The number of aliphatic hydroxyl groups is 2. The Morgan fingerprint density at radius 1 is 1.18 bits per heavy atom. The van der Waals surface area contributed by atoms with Gasteiger partial charge in [0.1, 0.15) is 11.9 Å². The van der Waals surface area contributed by atoms with Crippen molar-refractivity contribution in [3.63, 3.8) is 0 Å². The first-order valence-corrected chi connectivity index (χ1v) is 9.67. The molecule has 0 heterocycles. The zero-order valence-corrected chi connectivity index (χ0v) is 14.8. The molecule has 3 atom stereocenters. The molecule has 0 bridgehead atoms. The van der Waals surface area contributed by atoms with E-state index in [1.807, 2.05) is 49.9 Å². The Kier molecular flexibility index (Phi) is 9.60. The van der Waals surface area contributed by atoms with Crippen molar-refractivity contribution in [2.45, 2.75) is 58.3 Å². The highest BCUT2D eigenvalue weighted by Gasteiger charge is 2.32. The van der Waals surface area contributed by atoms with E-state index in [1.54, 1.807) is 0 Å². The van der Waals surface area contributed by atoms with Crippen LogP contribution in [-0.2, 0) is 6.61 Å². The summed E-state index contributed by atoms with van der Waals surface area (Å²) in [6.07, 6.45) is 5.83. The average Bonchev–Trinajstić information content (AvgIpc) is 2.58. The summed E-state index contributed by atoms with van der Waals surface area (Å²) in [6.45, 7) is 4.04. The minimum Gasteiger partial charge on any atom is -0.488 e. The Balaban J connectivity index is 0.00000116. The van der Waals surface area contributed by atoms with Gasteiger partial charge in [0.2, 0.25) is 0 Å². The molecular weight excluding hydrogens is 296 g/mol. The van der Waals surface area contributed by atoms with Crippen LogP contribution < -0.4 is 4.74 Å². The molecule has 0 aliphatic heterocycles. The Bertz CT molecular complexity index is 394. The summed E-state index contributed by atoms with van der Waals surface area (Å²) in [5, 5.41) is 19.5. The van der Waals surface area contributed by atoms with Crippen LogP contribution in [0.3, 0.4) is 0 Å². The molecule has 1 aliphatic carbocycles. The topological polar surface area (TPSA) is 49.7 Å². The van der Waals surface area contributed by atoms with Gasteiger partial charge in [0, 0.05) is 0 Å². The number of thioether (sulfide) groups is 1. The van der Waals surface area contributed by atoms with Gasteiger partial charge in [-0.15, -0.1) is 0 Å². The number of benzene rings is 1. The van der Waals surface area contributed by atoms with Gasteiger partial charge in [-0.05, 0) is 61.3 Å². The lowest BCUT2D eigenvalue weighted by atomic mass is 9.83. The molecular formula is C18H30O3S. The molecule has 3 unspecified atom stereocenters. The molecule has 3 nitrogen and oxygen atoms in total. The maximum atomic E-state index is 10.4. The van der Waals surface area contributed by atoms with Crippen molar-refractivity contribution in [3.05, 3.63) is 29.8 Å². The second-order valence-corrected chi connectivity index (χ2v) is 6.41. The molecule has 22 heavy (non-hydrogen) atoms. The third-order valence-corrected chi connectivity index (χ3v) is 4.66. The monoisotopic (exact) mass is 326 g/mol. The predicted octanol–water partition coefficient (Wildman–Crippen LogP) is 3.87. The van der Waals surface area contributed by atoms with Crippen molar-refractivity contribution < 1.29 is 14.9 Å². The number of ether oxygens (including phenoxy) is 1. The molecule has 1 aromatic carbocycles. The standard InChI is InChI=1S/C16H24O3S.C2H6/c1-20-10-9-13-3-2-4-15(16(13)18)19-14-7-5-12(11-17)6-8-14;1-2/h5-8,13,15-18H,2-4,9-11H2,1H3;1-2H3. The minimum atomic E-state index is -0.367. The molecule has 1 saturated carbocycles. The molecule has 4 heteroatoms. The van der Waals surface area contributed by atoms with Crippen LogP contribution in [-0.4, -0.2) is 34.4 Å². The van der Waals surface area contributed by atoms with Gasteiger partial charge in [-0.1, -0.05) is 26.0 Å². The van der Waals surface area contributed by atoms with Crippen LogP contribution in [0.1, 0.15) is 45.1 Å². The minimum absolute atomic E-state index is 0.0447. The third kappa shape index (κ3) is 5.82. The quantitative estimate of drug-likeness (QED) is 0.833. The van der Waals surface area contributed by atoms with Crippen LogP contribution in [0.15, 0.2) is 24.3 Å². The summed E-state index contributed by atoms with van der Waals surface area (Å²) in [5.74, 6) is 2.23. The zero-order chi connectivity index (χ0) is 16.4. The lowest BCUT2D eigenvalue weighted by Gasteiger charge is -2.35. The second kappa shape index (κ2) is 10.9. The molecule has 1 aromatic rings. The molecule has 2 N–H and O–H groups in total. The van der Waals surface area contributed by atoms with Crippen molar-refractivity contribution in [2.75, 3.05) is 12.0 Å². The van der Waals surface area contributed by atoms with Gasteiger partial charge in [0.15, 0.2) is 0 Å². The first-order valence-electron chi connectivity index (χ1n) is 8.28. The SMILES string of the molecule is CC.CSCCC1CCCC(Oc2ccc(CO)cc2)C1O. The highest BCUT2D eigenvalue weighted by Crippen LogP contribution is 2.31. The van der Waals surface area contributed by atoms with Crippen LogP contribution >= 0.6 is 11.8 Å². The average molecular weight is 327 g/mol. The van der Waals surface area contributed by atoms with E-state index < -0.39 is 0 Å². The molecule has 0 spiro atoms. The van der Waals surface area contributed by atoms with Crippen LogP contribution in [0, 0.1) is 5.92 Å². The van der Waals surface area contributed by atoms with Crippen LogP contribution in [0.4, 0.5) is 0 Å². The summed E-state index contributed by atoms with van der Waals surface area (Å²) in [6, 6.07) is 7.44. The van der Waals surface area contributed by atoms with E-state index in [2.05, 4.69) is 6.26 Å². The van der Waals surface area contributed by atoms with Crippen molar-refractivity contribution in [3.8, 4) is 5.75 Å². The Hall–Kier alpha value is -0.710. The van der Waals surface area contributed by atoms with Crippen molar-refractivity contribution >= 4 is 11.8 Å². The maximum Gasteiger partial charge on any atom is 0.125 e. The summed E-state index contributed by atoms with van der Waals surface area (Å²) >= 11 is 1.83. The van der Waals surface area contributed by atoms with Gasteiger partial charge in [0.05, 0.1) is 12.7 Å². The highest BCUT2D eigenvalue weighted by atomic mass is 32.2. The fraction of sp³-hybridized carbons (Fsp3) is 0.667. The summed E-state index contributed by atoms with van der Waals surface area (Å²) in [5.41, 5.74) is 0.874. The largest absolute Gasteiger partial charge is 0.488 e. The summed E-state index contributed by atoms with van der Waals surface area (Å²) < 4.78 is 5.94. The lowest BCUT2D eigenvalue weighted by molar-refractivity contribution is -0.0317. The number of hydrogen-bond donors (Lipinski definition) is 2. The molecule has 0 radical (unpaired) electrons. The predicted molar refractivity (Wildman–Crippen MR) is 94.5 cm³/mol. The van der Waals surface area contributed by atoms with Gasteiger partial charge >= 0.3 is 0 Å². The fourth-order valence-corrected chi connectivity index (χ4v) is 3.33. The Morgan fingerprint density at radius 2 is 1.86 bits per heavy atom. The van der Waals surface area contributed by atoms with Crippen LogP contribution in [0.25, 0.3) is 0 Å². The molecule has 1 fully saturated rings. The van der Waals surface area contributed by atoms with E-state index in [9.17, 15) is 5.11 Å². The summed E-state index contributed by atoms with van der Waals surface area (Å²) in [7, 11) is 0. The van der Waals surface area contributed by atoms with Crippen molar-refractivity contribution in [1.82, 2.24) is 0 Å². The van der Waals surface area contributed by atoms with E-state index in [0.717, 1.165) is 42.7 Å². The second-order valence-electron chi connectivity index (χ2n) is 5.42. The molecule has 2 rings (SSSR count). The molecule has 0 aromatic heterocycles. The molecule has 1 aliphatic rings. The molecule has 0 saturated heterocycles. The Labute approximate surface area is 139 Å². The van der Waals surface area contributed by atoms with E-state index in [-0.39, 0.29) is 18.8 Å². The zero-order valence-electron chi connectivity index (χ0n) is 14.0. The van der Waals surface area contributed by atoms with E-state index >= 15 is 0 Å². The smallest absolute Gasteiger partial charge is 0.125 e.